The lowest BCUT2D eigenvalue weighted by atomic mass is 10.1. The quantitative estimate of drug-likeness (QED) is 0.246. The SMILES string of the molecule is CC.CC.Cc1ccc(Nc2c(C(=O)N(C)C3CC3)c(N(C=O)c3cccc(OCC(=O)NC4CC4)c3)c(C)c(=O)n2C)c(F)c1. The van der Waals surface area contributed by atoms with Crippen LogP contribution in [0, 0.1) is 19.7 Å². The van der Waals surface area contributed by atoms with Gasteiger partial charge in [0.15, 0.2) is 6.61 Å². The Labute approximate surface area is 270 Å². The maximum atomic E-state index is 15.0. The van der Waals surface area contributed by atoms with Gasteiger partial charge >= 0.3 is 0 Å². The summed E-state index contributed by atoms with van der Waals surface area (Å²) in [6.45, 7) is 11.1. The lowest BCUT2D eigenvalue weighted by Gasteiger charge is -2.28. The molecule has 0 bridgehead atoms. The van der Waals surface area contributed by atoms with Gasteiger partial charge in [0.2, 0.25) is 6.41 Å². The number of pyridine rings is 1. The first-order chi connectivity index (χ1) is 22.1. The van der Waals surface area contributed by atoms with E-state index in [2.05, 4.69) is 10.6 Å². The topological polar surface area (TPSA) is 113 Å². The van der Waals surface area contributed by atoms with Crippen LogP contribution >= 0.6 is 0 Å². The second-order valence-electron chi connectivity index (χ2n) is 10.9. The molecule has 3 aromatic rings. The summed E-state index contributed by atoms with van der Waals surface area (Å²) in [6, 6.07) is 11.3. The van der Waals surface area contributed by atoms with Crippen LogP contribution in [0.4, 0.5) is 27.3 Å². The van der Waals surface area contributed by atoms with Crippen molar-refractivity contribution in [2.24, 2.45) is 7.05 Å². The van der Waals surface area contributed by atoms with Gasteiger partial charge in [-0.15, -0.1) is 0 Å². The average Bonchev–Trinajstić information content (AvgIpc) is 4.00. The van der Waals surface area contributed by atoms with Crippen molar-refractivity contribution in [2.75, 3.05) is 23.9 Å². The molecule has 11 heteroatoms. The Morgan fingerprint density at radius 2 is 1.72 bits per heavy atom. The summed E-state index contributed by atoms with van der Waals surface area (Å²) in [5.74, 6) is -0.835. The van der Waals surface area contributed by atoms with Crippen LogP contribution in [0.1, 0.15) is 74.9 Å². The summed E-state index contributed by atoms with van der Waals surface area (Å²) >= 11 is 0. The Kier molecular flexibility index (Phi) is 12.5. The molecular formula is C35H46FN5O5. The fourth-order valence-corrected chi connectivity index (χ4v) is 4.84. The van der Waals surface area contributed by atoms with E-state index in [9.17, 15) is 23.6 Å². The summed E-state index contributed by atoms with van der Waals surface area (Å²) in [6.07, 6.45) is 4.10. The van der Waals surface area contributed by atoms with Gasteiger partial charge in [-0.2, -0.15) is 0 Å². The average molecular weight is 636 g/mol. The number of nitrogens with one attached hydrogen (secondary N) is 2. The molecule has 46 heavy (non-hydrogen) atoms. The predicted molar refractivity (Wildman–Crippen MR) is 180 cm³/mol. The zero-order valence-corrected chi connectivity index (χ0v) is 28.1. The Morgan fingerprint density at radius 3 is 2.30 bits per heavy atom. The highest BCUT2D eigenvalue weighted by atomic mass is 19.1. The lowest BCUT2D eigenvalue weighted by molar-refractivity contribution is -0.123. The molecule has 2 aromatic carbocycles. The van der Waals surface area contributed by atoms with Crippen molar-refractivity contribution in [3.63, 3.8) is 0 Å². The number of hydrogen-bond acceptors (Lipinski definition) is 6. The number of carbonyl (C=O) groups excluding carboxylic acids is 3. The van der Waals surface area contributed by atoms with Crippen LogP contribution in [-0.2, 0) is 16.6 Å². The predicted octanol–water partition coefficient (Wildman–Crippen LogP) is 6.12. The number of aryl methyl sites for hydroxylation is 1. The molecular weight excluding hydrogens is 589 g/mol. The van der Waals surface area contributed by atoms with E-state index in [1.165, 1.54) is 28.6 Å². The Balaban J connectivity index is 0.00000139. The molecule has 1 heterocycles. The number of halogens is 1. The number of amides is 3. The summed E-state index contributed by atoms with van der Waals surface area (Å²) in [7, 11) is 3.17. The number of benzene rings is 2. The maximum absolute atomic E-state index is 15.0. The van der Waals surface area contributed by atoms with Gasteiger partial charge in [-0.25, -0.2) is 4.39 Å². The normalized spacial score (nSPS) is 13.2. The van der Waals surface area contributed by atoms with Crippen molar-refractivity contribution >= 4 is 41.1 Å². The smallest absolute Gasteiger partial charge is 0.259 e. The second kappa shape index (κ2) is 16.1. The van der Waals surface area contributed by atoms with Gasteiger partial charge in [0.25, 0.3) is 17.4 Å². The zero-order valence-electron chi connectivity index (χ0n) is 28.1. The lowest BCUT2D eigenvalue weighted by Crippen LogP contribution is -2.35. The number of hydrogen-bond donors (Lipinski definition) is 2. The maximum Gasteiger partial charge on any atom is 0.259 e. The van der Waals surface area contributed by atoms with E-state index >= 15 is 0 Å². The van der Waals surface area contributed by atoms with E-state index < -0.39 is 17.3 Å². The third-order valence-corrected chi connectivity index (χ3v) is 7.55. The fourth-order valence-electron chi connectivity index (χ4n) is 4.84. The molecule has 2 saturated carbocycles. The van der Waals surface area contributed by atoms with Crippen LogP contribution in [0.3, 0.4) is 0 Å². The molecule has 248 valence electrons. The zero-order chi connectivity index (χ0) is 34.1. The second-order valence-corrected chi connectivity index (χ2v) is 10.9. The van der Waals surface area contributed by atoms with E-state index in [0.29, 0.717) is 23.4 Å². The molecule has 0 spiro atoms. The molecule has 2 aliphatic carbocycles. The Morgan fingerprint density at radius 1 is 1.04 bits per heavy atom. The minimum Gasteiger partial charge on any atom is -0.484 e. The highest BCUT2D eigenvalue weighted by molar-refractivity contribution is 6.09. The van der Waals surface area contributed by atoms with Crippen LogP contribution in [0.15, 0.2) is 47.3 Å². The molecule has 0 atom stereocenters. The van der Waals surface area contributed by atoms with Gasteiger partial charge in [-0.3, -0.25) is 28.6 Å². The Bertz CT molecular complexity index is 1610. The molecule has 2 N–H and O–H groups in total. The van der Waals surface area contributed by atoms with Gasteiger partial charge in [-0.1, -0.05) is 39.8 Å². The number of anilines is 4. The number of carbonyl (C=O) groups is 3. The Hall–Kier alpha value is -4.67. The molecule has 0 radical (unpaired) electrons. The van der Waals surface area contributed by atoms with E-state index in [-0.39, 0.29) is 52.9 Å². The number of ether oxygens (including phenoxy) is 1. The molecule has 3 amide bonds. The largest absolute Gasteiger partial charge is 0.484 e. The van der Waals surface area contributed by atoms with E-state index in [4.69, 9.17) is 4.74 Å². The summed E-state index contributed by atoms with van der Waals surface area (Å²) in [5, 5.41) is 5.82. The van der Waals surface area contributed by atoms with Gasteiger partial charge in [0.1, 0.15) is 22.9 Å². The summed E-state index contributed by atoms with van der Waals surface area (Å²) in [4.78, 5) is 55.2. The van der Waals surface area contributed by atoms with Crippen molar-refractivity contribution in [1.29, 1.82) is 0 Å². The molecule has 0 unspecified atom stereocenters. The highest BCUT2D eigenvalue weighted by Crippen LogP contribution is 2.38. The van der Waals surface area contributed by atoms with Crippen LogP contribution in [0.25, 0.3) is 0 Å². The third-order valence-electron chi connectivity index (χ3n) is 7.55. The van der Waals surface area contributed by atoms with Crippen LogP contribution in [0.2, 0.25) is 0 Å². The standard InChI is InChI=1S/C31H34FN5O5.2C2H6/c1-18-8-13-25(24(32)14-18)34-29-27(31(41)35(3)21-11-12-21)28(19(2)30(40)36(29)4)37(17-38)22-6-5-7-23(15-22)42-16-26(39)33-20-9-10-20;2*1-2/h5-8,13-15,17,20-21,34H,9-12,16H2,1-4H3,(H,33,39);2*1-2H3. The summed E-state index contributed by atoms with van der Waals surface area (Å²) in [5.41, 5.74) is 0.906. The third kappa shape index (κ3) is 8.32. The monoisotopic (exact) mass is 635 g/mol. The highest BCUT2D eigenvalue weighted by Gasteiger charge is 2.36. The molecule has 2 fully saturated rings. The van der Waals surface area contributed by atoms with Gasteiger partial charge in [0, 0.05) is 37.8 Å². The molecule has 10 nitrogen and oxygen atoms in total. The number of aromatic nitrogens is 1. The van der Waals surface area contributed by atoms with Crippen LogP contribution in [-0.4, -0.2) is 53.4 Å². The van der Waals surface area contributed by atoms with Crippen molar-refractivity contribution < 1.29 is 23.5 Å². The first-order valence-electron chi connectivity index (χ1n) is 15.9. The van der Waals surface area contributed by atoms with Crippen molar-refractivity contribution in [3.05, 3.63) is 75.3 Å². The minimum absolute atomic E-state index is 0.0232. The van der Waals surface area contributed by atoms with Crippen LogP contribution < -0.4 is 25.8 Å². The molecule has 0 saturated heterocycles. The molecule has 5 rings (SSSR count). The van der Waals surface area contributed by atoms with Crippen molar-refractivity contribution in [3.8, 4) is 5.75 Å². The number of nitrogens with zero attached hydrogens (tertiary/aromatic N) is 3. The van der Waals surface area contributed by atoms with E-state index in [1.807, 2.05) is 27.7 Å². The van der Waals surface area contributed by atoms with E-state index in [1.54, 1.807) is 56.1 Å². The molecule has 1 aromatic heterocycles. The first-order valence-corrected chi connectivity index (χ1v) is 15.9. The van der Waals surface area contributed by atoms with Crippen molar-refractivity contribution in [1.82, 2.24) is 14.8 Å². The van der Waals surface area contributed by atoms with Gasteiger partial charge < -0.3 is 20.3 Å². The summed E-state index contributed by atoms with van der Waals surface area (Å²) < 4.78 is 21.9. The van der Waals surface area contributed by atoms with Crippen molar-refractivity contribution in [2.45, 2.75) is 79.3 Å². The fraction of sp³-hybridized carbons (Fsp3) is 0.429. The number of rotatable bonds is 11. The minimum atomic E-state index is -0.554. The molecule has 0 aliphatic heterocycles. The van der Waals surface area contributed by atoms with Crippen LogP contribution in [0.5, 0.6) is 5.75 Å². The van der Waals surface area contributed by atoms with E-state index in [0.717, 1.165) is 25.7 Å². The van der Waals surface area contributed by atoms with Gasteiger partial charge in [-0.05, 0) is 69.4 Å². The first kappa shape index (κ1) is 35.8. The van der Waals surface area contributed by atoms with Gasteiger partial charge in [0.05, 0.1) is 17.1 Å². The molecule has 2 aliphatic rings.